The Morgan fingerprint density at radius 2 is 1.91 bits per heavy atom. The first-order valence-electron chi connectivity index (χ1n) is 4.50. The topological polar surface area (TPSA) is 29.3 Å². The maximum atomic E-state index is 5.66. The third-order valence-electron chi connectivity index (χ3n) is 2.31. The fourth-order valence-corrected chi connectivity index (χ4v) is 1.60. The molecule has 0 aromatic heterocycles. The molecule has 11 heavy (non-hydrogen) atoms. The maximum Gasteiger partial charge on any atom is 0.0237 e. The van der Waals surface area contributed by atoms with Crippen molar-refractivity contribution in [3.05, 3.63) is 0 Å². The van der Waals surface area contributed by atoms with E-state index in [0.29, 0.717) is 6.04 Å². The fraction of sp³-hybridized carbons (Fsp3) is 1.00. The SMILES string of the molecule is CCCC(C)C(CN)N(C)C. The molecule has 0 bridgehead atoms. The molecule has 0 saturated heterocycles. The van der Waals surface area contributed by atoms with Crippen molar-refractivity contribution in [2.75, 3.05) is 20.6 Å². The smallest absolute Gasteiger partial charge is 0.0237 e. The lowest BCUT2D eigenvalue weighted by Gasteiger charge is -2.28. The predicted molar refractivity (Wildman–Crippen MR) is 50.6 cm³/mol. The van der Waals surface area contributed by atoms with E-state index in [9.17, 15) is 0 Å². The Hall–Kier alpha value is -0.0800. The van der Waals surface area contributed by atoms with E-state index in [1.807, 2.05) is 0 Å². The summed E-state index contributed by atoms with van der Waals surface area (Å²) in [7, 11) is 4.20. The first kappa shape index (κ1) is 10.9. The van der Waals surface area contributed by atoms with Crippen molar-refractivity contribution in [2.24, 2.45) is 11.7 Å². The zero-order chi connectivity index (χ0) is 8.85. The Morgan fingerprint density at radius 1 is 1.36 bits per heavy atom. The van der Waals surface area contributed by atoms with Gasteiger partial charge in [0, 0.05) is 12.6 Å². The van der Waals surface area contributed by atoms with Gasteiger partial charge in [-0.05, 0) is 26.4 Å². The molecule has 2 nitrogen and oxygen atoms in total. The van der Waals surface area contributed by atoms with E-state index in [1.54, 1.807) is 0 Å². The van der Waals surface area contributed by atoms with Gasteiger partial charge in [0.15, 0.2) is 0 Å². The summed E-state index contributed by atoms with van der Waals surface area (Å²) >= 11 is 0. The van der Waals surface area contributed by atoms with E-state index >= 15 is 0 Å². The molecule has 0 amide bonds. The van der Waals surface area contributed by atoms with Crippen molar-refractivity contribution >= 4 is 0 Å². The number of nitrogens with two attached hydrogens (primary N) is 1. The highest BCUT2D eigenvalue weighted by Crippen LogP contribution is 2.12. The maximum absolute atomic E-state index is 5.66. The third kappa shape index (κ3) is 3.73. The molecule has 0 fully saturated rings. The predicted octanol–water partition coefficient (Wildman–Crippen LogP) is 1.31. The number of hydrogen-bond donors (Lipinski definition) is 1. The summed E-state index contributed by atoms with van der Waals surface area (Å²) < 4.78 is 0. The summed E-state index contributed by atoms with van der Waals surface area (Å²) in [5.74, 6) is 0.722. The minimum absolute atomic E-state index is 0.551. The molecule has 0 aliphatic carbocycles. The fourth-order valence-electron chi connectivity index (χ4n) is 1.60. The molecule has 0 spiro atoms. The normalized spacial score (nSPS) is 16.9. The van der Waals surface area contributed by atoms with Crippen LogP contribution in [-0.2, 0) is 0 Å². The zero-order valence-electron chi connectivity index (χ0n) is 8.30. The van der Waals surface area contributed by atoms with Gasteiger partial charge in [-0.2, -0.15) is 0 Å². The van der Waals surface area contributed by atoms with Crippen LogP contribution in [0.5, 0.6) is 0 Å². The van der Waals surface area contributed by atoms with E-state index in [0.717, 1.165) is 12.5 Å². The number of rotatable bonds is 5. The van der Waals surface area contributed by atoms with Crippen LogP contribution >= 0.6 is 0 Å². The summed E-state index contributed by atoms with van der Waals surface area (Å²) in [6.45, 7) is 5.27. The molecule has 0 saturated carbocycles. The Kier molecular flexibility index (Phi) is 5.51. The van der Waals surface area contributed by atoms with Crippen LogP contribution in [0.1, 0.15) is 26.7 Å². The first-order chi connectivity index (χ1) is 5.13. The average molecular weight is 158 g/mol. The van der Waals surface area contributed by atoms with Crippen molar-refractivity contribution in [3.63, 3.8) is 0 Å². The Labute approximate surface area is 70.8 Å². The van der Waals surface area contributed by atoms with Crippen molar-refractivity contribution in [1.82, 2.24) is 4.90 Å². The van der Waals surface area contributed by atoms with E-state index in [4.69, 9.17) is 5.73 Å². The minimum atomic E-state index is 0.551. The Balaban J connectivity index is 3.81. The van der Waals surface area contributed by atoms with Crippen LogP contribution in [0.15, 0.2) is 0 Å². The van der Waals surface area contributed by atoms with Gasteiger partial charge < -0.3 is 10.6 Å². The molecule has 0 rings (SSSR count). The van der Waals surface area contributed by atoms with Crippen molar-refractivity contribution in [1.29, 1.82) is 0 Å². The molecule has 2 N–H and O–H groups in total. The summed E-state index contributed by atoms with van der Waals surface area (Å²) in [5, 5.41) is 0. The molecule has 0 aromatic carbocycles. The van der Waals surface area contributed by atoms with Crippen LogP contribution in [-0.4, -0.2) is 31.6 Å². The van der Waals surface area contributed by atoms with E-state index in [-0.39, 0.29) is 0 Å². The molecular formula is C9H22N2. The van der Waals surface area contributed by atoms with Crippen molar-refractivity contribution in [3.8, 4) is 0 Å². The van der Waals surface area contributed by atoms with Crippen LogP contribution in [0.25, 0.3) is 0 Å². The molecule has 2 heteroatoms. The molecular weight excluding hydrogens is 136 g/mol. The summed E-state index contributed by atoms with van der Waals surface area (Å²) in [6.07, 6.45) is 2.53. The Morgan fingerprint density at radius 3 is 2.18 bits per heavy atom. The average Bonchev–Trinajstić information content (AvgIpc) is 1.88. The first-order valence-corrected chi connectivity index (χ1v) is 4.50. The Bertz CT molecular complexity index is 91.6. The molecule has 0 aromatic rings. The van der Waals surface area contributed by atoms with Crippen LogP contribution in [0, 0.1) is 5.92 Å². The van der Waals surface area contributed by atoms with Gasteiger partial charge in [0.2, 0.25) is 0 Å². The van der Waals surface area contributed by atoms with Crippen LogP contribution < -0.4 is 5.73 Å². The monoisotopic (exact) mass is 158 g/mol. The van der Waals surface area contributed by atoms with Crippen molar-refractivity contribution in [2.45, 2.75) is 32.7 Å². The third-order valence-corrected chi connectivity index (χ3v) is 2.31. The lowest BCUT2D eigenvalue weighted by molar-refractivity contribution is 0.217. The summed E-state index contributed by atoms with van der Waals surface area (Å²) in [5.41, 5.74) is 5.66. The highest BCUT2D eigenvalue weighted by Gasteiger charge is 2.16. The van der Waals surface area contributed by atoms with Gasteiger partial charge in [-0.1, -0.05) is 20.3 Å². The number of nitrogens with zero attached hydrogens (tertiary/aromatic N) is 1. The molecule has 0 radical (unpaired) electrons. The van der Waals surface area contributed by atoms with E-state index in [2.05, 4.69) is 32.8 Å². The van der Waals surface area contributed by atoms with Crippen molar-refractivity contribution < 1.29 is 0 Å². The van der Waals surface area contributed by atoms with Crippen LogP contribution in [0.3, 0.4) is 0 Å². The highest BCUT2D eigenvalue weighted by molar-refractivity contribution is 4.73. The summed E-state index contributed by atoms with van der Waals surface area (Å²) in [4.78, 5) is 2.22. The number of likely N-dealkylation sites (N-methyl/N-ethyl adjacent to an activating group) is 1. The standard InChI is InChI=1S/C9H22N2/c1-5-6-8(2)9(7-10)11(3)4/h8-9H,5-7,10H2,1-4H3. The van der Waals surface area contributed by atoms with Gasteiger partial charge >= 0.3 is 0 Å². The van der Waals surface area contributed by atoms with Crippen LogP contribution in [0.2, 0.25) is 0 Å². The molecule has 68 valence electrons. The summed E-state index contributed by atoms with van der Waals surface area (Å²) in [6, 6.07) is 0.551. The highest BCUT2D eigenvalue weighted by atomic mass is 15.1. The minimum Gasteiger partial charge on any atom is -0.329 e. The second-order valence-electron chi connectivity index (χ2n) is 3.53. The van der Waals surface area contributed by atoms with Gasteiger partial charge in [-0.3, -0.25) is 0 Å². The lowest BCUT2D eigenvalue weighted by atomic mass is 9.96. The second-order valence-corrected chi connectivity index (χ2v) is 3.53. The van der Waals surface area contributed by atoms with E-state index < -0.39 is 0 Å². The quantitative estimate of drug-likeness (QED) is 0.653. The van der Waals surface area contributed by atoms with Crippen LogP contribution in [0.4, 0.5) is 0 Å². The molecule has 0 heterocycles. The molecule has 0 aliphatic rings. The molecule has 2 atom stereocenters. The van der Waals surface area contributed by atoms with Gasteiger partial charge in [0.25, 0.3) is 0 Å². The molecule has 2 unspecified atom stereocenters. The van der Waals surface area contributed by atoms with Gasteiger partial charge in [0.1, 0.15) is 0 Å². The molecule has 0 aliphatic heterocycles. The second kappa shape index (κ2) is 5.56. The lowest BCUT2D eigenvalue weighted by Crippen LogP contribution is -2.40. The van der Waals surface area contributed by atoms with Gasteiger partial charge in [-0.15, -0.1) is 0 Å². The van der Waals surface area contributed by atoms with E-state index in [1.165, 1.54) is 12.8 Å². The van der Waals surface area contributed by atoms with Gasteiger partial charge in [0.05, 0.1) is 0 Å². The largest absolute Gasteiger partial charge is 0.329 e. The van der Waals surface area contributed by atoms with Gasteiger partial charge in [-0.25, -0.2) is 0 Å². The zero-order valence-corrected chi connectivity index (χ0v) is 8.30. The number of hydrogen-bond acceptors (Lipinski definition) is 2.